The lowest BCUT2D eigenvalue weighted by Crippen LogP contribution is -2.30. The zero-order valence-electron chi connectivity index (χ0n) is 9.32. The Morgan fingerprint density at radius 3 is 2.64 bits per heavy atom. The quantitative estimate of drug-likeness (QED) is 0.613. The van der Waals surface area contributed by atoms with Gasteiger partial charge in [0.25, 0.3) is 0 Å². The van der Waals surface area contributed by atoms with Gasteiger partial charge in [0.2, 0.25) is 5.91 Å². The molecule has 0 saturated heterocycles. The number of likely N-dealkylation sites (N-methyl/N-ethyl adjacent to an activating group) is 1. The number of carbonyl (C=O) groups excluding carboxylic acids is 1. The van der Waals surface area contributed by atoms with Crippen molar-refractivity contribution in [3.05, 3.63) is 0 Å². The van der Waals surface area contributed by atoms with E-state index in [0.29, 0.717) is 32.1 Å². The van der Waals surface area contributed by atoms with Gasteiger partial charge in [0.1, 0.15) is 0 Å². The molecule has 0 aromatic heterocycles. The number of amides is 1. The van der Waals surface area contributed by atoms with Gasteiger partial charge in [-0.2, -0.15) is 0 Å². The van der Waals surface area contributed by atoms with Gasteiger partial charge in [0.15, 0.2) is 0 Å². The molecule has 4 heteroatoms. The molecule has 0 aliphatic carbocycles. The van der Waals surface area contributed by atoms with Gasteiger partial charge in [0.05, 0.1) is 19.6 Å². The van der Waals surface area contributed by atoms with Crippen molar-refractivity contribution in [1.82, 2.24) is 4.90 Å². The van der Waals surface area contributed by atoms with Gasteiger partial charge in [-0.3, -0.25) is 4.79 Å². The fraction of sp³-hybridized carbons (Fsp3) is 0.900. The highest BCUT2D eigenvalue weighted by molar-refractivity contribution is 5.75. The summed E-state index contributed by atoms with van der Waals surface area (Å²) >= 11 is 0. The molecule has 4 nitrogen and oxygen atoms in total. The predicted molar refractivity (Wildman–Crippen MR) is 55.0 cm³/mol. The Morgan fingerprint density at radius 2 is 2.14 bits per heavy atom. The Hall–Kier alpha value is -0.610. The summed E-state index contributed by atoms with van der Waals surface area (Å²) < 4.78 is 5.28. The molecule has 0 bridgehead atoms. The van der Waals surface area contributed by atoms with E-state index in [-0.39, 0.29) is 12.5 Å². The van der Waals surface area contributed by atoms with Crippen molar-refractivity contribution < 1.29 is 14.6 Å². The maximum atomic E-state index is 11.3. The van der Waals surface area contributed by atoms with Crippen LogP contribution in [0.2, 0.25) is 0 Å². The minimum atomic E-state index is 0.00902. The molecule has 0 fully saturated rings. The van der Waals surface area contributed by atoms with E-state index < -0.39 is 0 Å². The molecule has 0 rings (SSSR count). The third-order valence-electron chi connectivity index (χ3n) is 1.77. The van der Waals surface area contributed by atoms with E-state index in [2.05, 4.69) is 13.8 Å². The first-order chi connectivity index (χ1) is 6.57. The molecule has 0 radical (unpaired) electrons. The average molecular weight is 203 g/mol. The summed E-state index contributed by atoms with van der Waals surface area (Å²) in [5, 5.41) is 8.60. The lowest BCUT2D eigenvalue weighted by atomic mass is 10.2. The van der Waals surface area contributed by atoms with E-state index in [1.54, 1.807) is 7.05 Å². The van der Waals surface area contributed by atoms with Crippen LogP contribution in [0, 0.1) is 5.92 Å². The molecule has 0 unspecified atom stereocenters. The minimum Gasteiger partial charge on any atom is -0.395 e. The Balaban J connectivity index is 3.44. The number of hydrogen-bond donors (Lipinski definition) is 1. The first-order valence-electron chi connectivity index (χ1n) is 5.00. The monoisotopic (exact) mass is 203 g/mol. The second-order valence-electron chi connectivity index (χ2n) is 3.76. The van der Waals surface area contributed by atoms with Crippen LogP contribution < -0.4 is 0 Å². The fourth-order valence-corrected chi connectivity index (χ4v) is 0.944. The molecular formula is C10H21NO3. The summed E-state index contributed by atoms with van der Waals surface area (Å²) in [5.41, 5.74) is 0. The van der Waals surface area contributed by atoms with Crippen LogP contribution in [0.5, 0.6) is 0 Å². The van der Waals surface area contributed by atoms with Crippen LogP contribution in [-0.4, -0.2) is 49.3 Å². The molecular weight excluding hydrogens is 182 g/mol. The highest BCUT2D eigenvalue weighted by Gasteiger charge is 2.07. The van der Waals surface area contributed by atoms with Gasteiger partial charge in [-0.15, -0.1) is 0 Å². The van der Waals surface area contributed by atoms with Gasteiger partial charge in [0, 0.05) is 20.2 Å². The Bertz CT molecular complexity index is 159. The third kappa shape index (κ3) is 6.86. The maximum absolute atomic E-state index is 11.3. The summed E-state index contributed by atoms with van der Waals surface area (Å²) in [6, 6.07) is 0. The van der Waals surface area contributed by atoms with E-state index in [1.807, 2.05) is 0 Å². The molecule has 1 amide bonds. The molecule has 0 atom stereocenters. The van der Waals surface area contributed by atoms with Crippen LogP contribution in [0.25, 0.3) is 0 Å². The van der Waals surface area contributed by atoms with Crippen molar-refractivity contribution in [2.45, 2.75) is 20.3 Å². The molecule has 84 valence electrons. The topological polar surface area (TPSA) is 49.8 Å². The number of aliphatic hydroxyl groups is 1. The number of aliphatic hydroxyl groups excluding tert-OH is 1. The highest BCUT2D eigenvalue weighted by Crippen LogP contribution is 1.95. The summed E-state index contributed by atoms with van der Waals surface area (Å²) in [6.45, 7) is 5.70. The first-order valence-corrected chi connectivity index (χ1v) is 5.00. The summed E-state index contributed by atoms with van der Waals surface area (Å²) in [7, 11) is 1.68. The lowest BCUT2D eigenvalue weighted by molar-refractivity contribution is -0.131. The van der Waals surface area contributed by atoms with Crippen molar-refractivity contribution in [2.75, 3.05) is 33.4 Å². The van der Waals surface area contributed by atoms with Crippen molar-refractivity contribution in [1.29, 1.82) is 0 Å². The second kappa shape index (κ2) is 7.76. The van der Waals surface area contributed by atoms with Crippen molar-refractivity contribution in [3.8, 4) is 0 Å². The molecule has 14 heavy (non-hydrogen) atoms. The Morgan fingerprint density at radius 1 is 1.50 bits per heavy atom. The zero-order valence-corrected chi connectivity index (χ0v) is 9.32. The first kappa shape index (κ1) is 13.4. The SMILES string of the molecule is CC(C)COCCC(=O)N(C)CCO. The van der Waals surface area contributed by atoms with Crippen LogP contribution in [0.4, 0.5) is 0 Å². The summed E-state index contributed by atoms with van der Waals surface area (Å²) in [6.07, 6.45) is 0.392. The van der Waals surface area contributed by atoms with Crippen LogP contribution >= 0.6 is 0 Å². The number of nitrogens with zero attached hydrogens (tertiary/aromatic N) is 1. The van der Waals surface area contributed by atoms with Gasteiger partial charge < -0.3 is 14.7 Å². The molecule has 0 aromatic rings. The van der Waals surface area contributed by atoms with E-state index >= 15 is 0 Å². The van der Waals surface area contributed by atoms with Crippen LogP contribution in [-0.2, 0) is 9.53 Å². The molecule has 0 saturated carbocycles. The van der Waals surface area contributed by atoms with E-state index in [0.717, 1.165) is 0 Å². The van der Waals surface area contributed by atoms with Gasteiger partial charge >= 0.3 is 0 Å². The van der Waals surface area contributed by atoms with Gasteiger partial charge in [-0.1, -0.05) is 13.8 Å². The smallest absolute Gasteiger partial charge is 0.224 e. The third-order valence-corrected chi connectivity index (χ3v) is 1.77. The van der Waals surface area contributed by atoms with Crippen molar-refractivity contribution in [2.24, 2.45) is 5.92 Å². The molecule has 0 aliphatic rings. The summed E-state index contributed by atoms with van der Waals surface area (Å²) in [4.78, 5) is 12.8. The maximum Gasteiger partial charge on any atom is 0.224 e. The average Bonchev–Trinajstić information content (AvgIpc) is 2.12. The Labute approximate surface area is 85.9 Å². The summed E-state index contributed by atoms with van der Waals surface area (Å²) in [5.74, 6) is 0.517. The fourth-order valence-electron chi connectivity index (χ4n) is 0.944. The molecule has 0 aromatic carbocycles. The predicted octanol–water partition coefficient (Wildman–Crippen LogP) is 0.500. The number of hydrogen-bond acceptors (Lipinski definition) is 3. The van der Waals surface area contributed by atoms with Crippen LogP contribution in [0.15, 0.2) is 0 Å². The van der Waals surface area contributed by atoms with Crippen LogP contribution in [0.3, 0.4) is 0 Å². The minimum absolute atomic E-state index is 0.00902. The van der Waals surface area contributed by atoms with E-state index in [4.69, 9.17) is 9.84 Å². The molecule has 0 aliphatic heterocycles. The van der Waals surface area contributed by atoms with E-state index in [9.17, 15) is 4.79 Å². The number of rotatable bonds is 7. The number of carbonyl (C=O) groups is 1. The highest BCUT2D eigenvalue weighted by atomic mass is 16.5. The standard InChI is InChI=1S/C10H21NO3/c1-9(2)8-14-7-4-10(13)11(3)5-6-12/h9,12H,4-8H2,1-3H3. The zero-order chi connectivity index (χ0) is 11.0. The molecule has 1 N–H and O–H groups in total. The molecule has 0 heterocycles. The van der Waals surface area contributed by atoms with Gasteiger partial charge in [-0.25, -0.2) is 0 Å². The largest absolute Gasteiger partial charge is 0.395 e. The van der Waals surface area contributed by atoms with E-state index in [1.165, 1.54) is 4.90 Å². The number of ether oxygens (including phenoxy) is 1. The lowest BCUT2D eigenvalue weighted by Gasteiger charge is -2.15. The van der Waals surface area contributed by atoms with Gasteiger partial charge in [-0.05, 0) is 5.92 Å². The van der Waals surface area contributed by atoms with Crippen LogP contribution in [0.1, 0.15) is 20.3 Å². The second-order valence-corrected chi connectivity index (χ2v) is 3.76. The Kier molecular flexibility index (Phi) is 7.42. The van der Waals surface area contributed by atoms with Crippen molar-refractivity contribution >= 4 is 5.91 Å². The van der Waals surface area contributed by atoms with Crippen molar-refractivity contribution in [3.63, 3.8) is 0 Å². The normalized spacial score (nSPS) is 10.6. The molecule has 0 spiro atoms.